The van der Waals surface area contributed by atoms with Crippen LogP contribution in [-0.2, 0) is 14.3 Å². The molecule has 1 aromatic heterocycles. The number of nitrogens with zero attached hydrogens (tertiary/aromatic N) is 4. The third kappa shape index (κ3) is 2.55. The summed E-state index contributed by atoms with van der Waals surface area (Å²) in [6, 6.07) is 11.3. The SMILES string of the molecule is COC(=O)C1CC(=O)N(c2c(C#N)cnn2-c2ccccc2)C1. The third-order valence-electron chi connectivity index (χ3n) is 3.78. The molecule has 0 spiro atoms. The normalized spacial score (nSPS) is 17.1. The molecule has 0 radical (unpaired) electrons. The largest absolute Gasteiger partial charge is 0.469 e. The average Bonchev–Trinajstić information content (AvgIpc) is 3.17. The first kappa shape index (κ1) is 14.8. The second-order valence-electron chi connectivity index (χ2n) is 5.17. The van der Waals surface area contributed by atoms with Crippen molar-refractivity contribution in [2.45, 2.75) is 6.42 Å². The van der Waals surface area contributed by atoms with Gasteiger partial charge in [0.25, 0.3) is 0 Å². The predicted molar refractivity (Wildman–Crippen MR) is 80.8 cm³/mol. The molecule has 0 saturated carbocycles. The van der Waals surface area contributed by atoms with Crippen molar-refractivity contribution in [3.05, 3.63) is 42.1 Å². The van der Waals surface area contributed by atoms with Crippen molar-refractivity contribution in [3.8, 4) is 11.8 Å². The van der Waals surface area contributed by atoms with E-state index in [0.717, 1.165) is 5.69 Å². The van der Waals surface area contributed by atoms with Gasteiger partial charge in [-0.25, -0.2) is 4.68 Å². The number of hydrogen-bond acceptors (Lipinski definition) is 5. The van der Waals surface area contributed by atoms with Gasteiger partial charge in [0.05, 0.1) is 24.9 Å². The van der Waals surface area contributed by atoms with E-state index in [9.17, 15) is 14.9 Å². The van der Waals surface area contributed by atoms with Gasteiger partial charge < -0.3 is 4.74 Å². The molecule has 0 bridgehead atoms. The molecule has 1 atom stereocenters. The first-order valence-electron chi connectivity index (χ1n) is 7.07. The minimum absolute atomic E-state index is 0.0670. The molecule has 116 valence electrons. The molecule has 7 heteroatoms. The van der Waals surface area contributed by atoms with Gasteiger partial charge in [0.1, 0.15) is 11.6 Å². The second kappa shape index (κ2) is 5.93. The number of amides is 1. The quantitative estimate of drug-likeness (QED) is 0.797. The summed E-state index contributed by atoms with van der Waals surface area (Å²) in [5, 5.41) is 13.5. The molecule has 3 rings (SSSR count). The van der Waals surface area contributed by atoms with Crippen molar-refractivity contribution in [1.82, 2.24) is 9.78 Å². The summed E-state index contributed by atoms with van der Waals surface area (Å²) in [6.07, 6.45) is 1.48. The predicted octanol–water partition coefficient (Wildman–Crippen LogP) is 1.27. The number of nitriles is 1. The van der Waals surface area contributed by atoms with Crippen molar-refractivity contribution in [1.29, 1.82) is 5.26 Å². The number of methoxy groups -OCH3 is 1. The summed E-state index contributed by atoms with van der Waals surface area (Å²) in [5.74, 6) is -0.798. The molecule has 1 aliphatic rings. The molecule has 1 fully saturated rings. The van der Waals surface area contributed by atoms with Gasteiger partial charge in [0.2, 0.25) is 5.91 Å². The number of rotatable bonds is 3. The van der Waals surface area contributed by atoms with Crippen LogP contribution in [-0.4, -0.2) is 35.3 Å². The summed E-state index contributed by atoms with van der Waals surface area (Å²) in [5.41, 5.74) is 1.02. The highest BCUT2D eigenvalue weighted by molar-refractivity contribution is 5.99. The van der Waals surface area contributed by atoms with E-state index in [0.29, 0.717) is 5.82 Å². The number of benzene rings is 1. The number of carbonyl (C=O) groups excluding carboxylic acids is 2. The van der Waals surface area contributed by atoms with Crippen LogP contribution >= 0.6 is 0 Å². The van der Waals surface area contributed by atoms with Crippen molar-refractivity contribution >= 4 is 17.7 Å². The fourth-order valence-electron chi connectivity index (χ4n) is 2.68. The van der Waals surface area contributed by atoms with Crippen LogP contribution in [0.4, 0.5) is 5.82 Å². The van der Waals surface area contributed by atoms with Gasteiger partial charge in [-0.05, 0) is 12.1 Å². The Labute approximate surface area is 132 Å². The van der Waals surface area contributed by atoms with Crippen LogP contribution in [0, 0.1) is 17.2 Å². The van der Waals surface area contributed by atoms with E-state index in [1.807, 2.05) is 36.4 Å². The van der Waals surface area contributed by atoms with Gasteiger partial charge in [-0.3, -0.25) is 14.5 Å². The highest BCUT2D eigenvalue weighted by atomic mass is 16.5. The minimum Gasteiger partial charge on any atom is -0.469 e. The highest BCUT2D eigenvalue weighted by Gasteiger charge is 2.38. The Balaban J connectivity index is 2.03. The number of ether oxygens (including phenoxy) is 1. The van der Waals surface area contributed by atoms with E-state index in [4.69, 9.17) is 4.74 Å². The third-order valence-corrected chi connectivity index (χ3v) is 3.78. The summed E-state index contributed by atoms with van der Waals surface area (Å²) in [7, 11) is 1.30. The zero-order valence-corrected chi connectivity index (χ0v) is 12.5. The lowest BCUT2D eigenvalue weighted by molar-refractivity contribution is -0.145. The van der Waals surface area contributed by atoms with Crippen LogP contribution in [0.1, 0.15) is 12.0 Å². The number of hydrogen-bond donors (Lipinski definition) is 0. The molecule has 1 saturated heterocycles. The molecule has 2 heterocycles. The molecule has 7 nitrogen and oxygen atoms in total. The molecule has 2 aromatic rings. The number of anilines is 1. The van der Waals surface area contributed by atoms with E-state index >= 15 is 0 Å². The van der Waals surface area contributed by atoms with Gasteiger partial charge in [0.15, 0.2) is 5.82 Å². The zero-order valence-electron chi connectivity index (χ0n) is 12.5. The molecule has 23 heavy (non-hydrogen) atoms. The standard InChI is InChI=1S/C16H14N4O3/c1-23-16(22)11-7-14(21)19(10-11)15-12(8-17)9-18-20(15)13-5-3-2-4-6-13/h2-6,9,11H,7,10H2,1H3. The van der Waals surface area contributed by atoms with E-state index < -0.39 is 11.9 Å². The van der Waals surface area contributed by atoms with Crippen LogP contribution in [0.25, 0.3) is 5.69 Å². The Hall–Kier alpha value is -3.14. The number of carbonyl (C=O) groups is 2. The maximum atomic E-state index is 12.3. The summed E-state index contributed by atoms with van der Waals surface area (Å²) < 4.78 is 6.25. The van der Waals surface area contributed by atoms with E-state index in [1.54, 1.807) is 0 Å². The Bertz CT molecular complexity index is 791. The first-order chi connectivity index (χ1) is 11.2. The molecule has 1 amide bonds. The van der Waals surface area contributed by atoms with Crippen molar-refractivity contribution in [2.75, 3.05) is 18.6 Å². The lowest BCUT2D eigenvalue weighted by atomic mass is 10.1. The van der Waals surface area contributed by atoms with Crippen molar-refractivity contribution in [3.63, 3.8) is 0 Å². The summed E-state index contributed by atoms with van der Waals surface area (Å²) in [4.78, 5) is 25.4. The summed E-state index contributed by atoms with van der Waals surface area (Å²) >= 11 is 0. The molecule has 1 aromatic carbocycles. The number of aromatic nitrogens is 2. The van der Waals surface area contributed by atoms with Crippen LogP contribution in [0.5, 0.6) is 0 Å². The van der Waals surface area contributed by atoms with Crippen molar-refractivity contribution in [2.24, 2.45) is 5.92 Å². The lowest BCUT2D eigenvalue weighted by Crippen LogP contribution is -2.29. The molecular formula is C16H14N4O3. The van der Waals surface area contributed by atoms with Crippen LogP contribution in [0.3, 0.4) is 0 Å². The highest BCUT2D eigenvalue weighted by Crippen LogP contribution is 2.30. The number of esters is 1. The van der Waals surface area contributed by atoms with Gasteiger partial charge in [-0.1, -0.05) is 18.2 Å². The van der Waals surface area contributed by atoms with E-state index in [-0.39, 0.29) is 24.4 Å². The fourth-order valence-corrected chi connectivity index (χ4v) is 2.68. The average molecular weight is 310 g/mol. The van der Waals surface area contributed by atoms with Gasteiger partial charge in [-0.15, -0.1) is 0 Å². The van der Waals surface area contributed by atoms with Crippen LogP contribution in [0.2, 0.25) is 0 Å². The van der Waals surface area contributed by atoms with Gasteiger partial charge in [0, 0.05) is 13.0 Å². The number of para-hydroxylation sites is 1. The second-order valence-corrected chi connectivity index (χ2v) is 5.17. The lowest BCUT2D eigenvalue weighted by Gasteiger charge is -2.18. The Morgan fingerprint density at radius 3 is 2.78 bits per heavy atom. The molecule has 0 N–H and O–H groups in total. The van der Waals surface area contributed by atoms with Crippen LogP contribution < -0.4 is 4.90 Å². The van der Waals surface area contributed by atoms with Gasteiger partial charge in [-0.2, -0.15) is 10.4 Å². The Morgan fingerprint density at radius 1 is 1.39 bits per heavy atom. The molecular weight excluding hydrogens is 296 g/mol. The zero-order chi connectivity index (χ0) is 16.4. The molecule has 1 aliphatic heterocycles. The smallest absolute Gasteiger partial charge is 0.311 e. The summed E-state index contributed by atoms with van der Waals surface area (Å²) in [6.45, 7) is 0.179. The maximum absolute atomic E-state index is 12.3. The fraction of sp³-hybridized carbons (Fsp3) is 0.250. The van der Waals surface area contributed by atoms with E-state index in [1.165, 1.54) is 22.9 Å². The maximum Gasteiger partial charge on any atom is 0.311 e. The van der Waals surface area contributed by atoms with Gasteiger partial charge >= 0.3 is 5.97 Å². The molecule has 1 unspecified atom stereocenters. The van der Waals surface area contributed by atoms with Crippen molar-refractivity contribution < 1.29 is 14.3 Å². The first-order valence-corrected chi connectivity index (χ1v) is 7.07. The Kier molecular flexibility index (Phi) is 3.81. The Morgan fingerprint density at radius 2 is 2.13 bits per heavy atom. The van der Waals surface area contributed by atoms with E-state index in [2.05, 4.69) is 5.10 Å². The monoisotopic (exact) mass is 310 g/mol. The topological polar surface area (TPSA) is 88.2 Å². The molecule has 0 aliphatic carbocycles. The van der Waals surface area contributed by atoms with Crippen LogP contribution in [0.15, 0.2) is 36.5 Å². The minimum atomic E-state index is -0.529.